The number of allylic oxidation sites excluding steroid dienone is 1. The van der Waals surface area contributed by atoms with Crippen molar-refractivity contribution in [2.45, 2.75) is 26.7 Å². The molecule has 0 heterocycles. The van der Waals surface area contributed by atoms with Crippen molar-refractivity contribution in [3.8, 4) is 0 Å². The molecule has 0 rings (SSSR count). The Kier molecular flexibility index (Phi) is 5.43. The highest BCUT2D eigenvalue weighted by atomic mass is 15.4. The zero-order valence-electron chi connectivity index (χ0n) is 8.67. The van der Waals surface area contributed by atoms with Crippen LogP contribution in [0.4, 0.5) is 0 Å². The molecule has 0 aliphatic carbocycles. The summed E-state index contributed by atoms with van der Waals surface area (Å²) in [4.78, 5) is 0. The number of rotatable bonds is 5. The molecule has 0 radical (unpaired) electrons. The van der Waals surface area contributed by atoms with Crippen molar-refractivity contribution in [2.75, 3.05) is 14.1 Å². The number of nitrogens with zero attached hydrogens (tertiary/aromatic N) is 2. The van der Waals surface area contributed by atoms with Crippen LogP contribution in [-0.4, -0.2) is 24.8 Å². The van der Waals surface area contributed by atoms with Gasteiger partial charge in [-0.15, -0.1) is 6.58 Å². The third kappa shape index (κ3) is 5.96. The molecule has 0 aromatic rings. The minimum atomic E-state index is 0.659. The van der Waals surface area contributed by atoms with E-state index in [1.807, 2.05) is 25.2 Å². The summed E-state index contributed by atoms with van der Waals surface area (Å²) in [5, 5.41) is 6.16. The summed E-state index contributed by atoms with van der Waals surface area (Å²) in [6, 6.07) is 0. The fraction of sp³-hybridized carbons (Fsp3) is 0.700. The lowest BCUT2D eigenvalue weighted by Gasteiger charge is -2.10. The summed E-state index contributed by atoms with van der Waals surface area (Å²) < 4.78 is 0. The second-order valence-corrected chi connectivity index (χ2v) is 3.52. The quantitative estimate of drug-likeness (QED) is 0.350. The SMILES string of the molecule is C=CC[C@@H](C)C/C(C)=N/N(C)C. The van der Waals surface area contributed by atoms with Crippen LogP contribution in [0.2, 0.25) is 0 Å². The van der Waals surface area contributed by atoms with Crippen molar-refractivity contribution in [1.29, 1.82) is 0 Å². The Labute approximate surface area is 76.0 Å². The highest BCUT2D eigenvalue weighted by Gasteiger charge is 2.01. The number of hydrogen-bond acceptors (Lipinski definition) is 2. The van der Waals surface area contributed by atoms with Gasteiger partial charge in [0.2, 0.25) is 0 Å². The monoisotopic (exact) mass is 168 g/mol. The predicted octanol–water partition coefficient (Wildman–Crippen LogP) is 2.53. The maximum Gasteiger partial charge on any atom is 0.0352 e. The van der Waals surface area contributed by atoms with E-state index < -0.39 is 0 Å². The average Bonchev–Trinajstić information content (AvgIpc) is 1.84. The van der Waals surface area contributed by atoms with Crippen molar-refractivity contribution in [3.05, 3.63) is 12.7 Å². The van der Waals surface area contributed by atoms with Crippen molar-refractivity contribution in [2.24, 2.45) is 11.0 Å². The molecule has 12 heavy (non-hydrogen) atoms. The Balaban J connectivity index is 3.82. The van der Waals surface area contributed by atoms with Crippen molar-refractivity contribution >= 4 is 5.71 Å². The van der Waals surface area contributed by atoms with Gasteiger partial charge in [0, 0.05) is 19.8 Å². The van der Waals surface area contributed by atoms with E-state index in [0.717, 1.165) is 12.8 Å². The highest BCUT2D eigenvalue weighted by molar-refractivity contribution is 5.81. The van der Waals surface area contributed by atoms with Crippen LogP contribution < -0.4 is 0 Å². The van der Waals surface area contributed by atoms with Gasteiger partial charge in [0.1, 0.15) is 0 Å². The molecule has 0 aliphatic rings. The van der Waals surface area contributed by atoms with Crippen molar-refractivity contribution in [3.63, 3.8) is 0 Å². The molecule has 70 valence electrons. The molecular weight excluding hydrogens is 148 g/mol. The molecule has 2 heteroatoms. The normalized spacial score (nSPS) is 14.2. The molecule has 2 nitrogen and oxygen atoms in total. The summed E-state index contributed by atoms with van der Waals surface area (Å²) in [7, 11) is 3.89. The third-order valence-corrected chi connectivity index (χ3v) is 1.58. The molecule has 0 amide bonds. The summed E-state index contributed by atoms with van der Waals surface area (Å²) in [5.41, 5.74) is 1.19. The Morgan fingerprint density at radius 3 is 2.58 bits per heavy atom. The lowest BCUT2D eigenvalue weighted by atomic mass is 10.0. The molecule has 0 bridgehead atoms. The third-order valence-electron chi connectivity index (χ3n) is 1.58. The van der Waals surface area contributed by atoms with Crippen LogP contribution in [0.5, 0.6) is 0 Å². The standard InChI is InChI=1S/C10H20N2/c1-6-7-9(2)8-10(3)11-12(4)5/h6,9H,1,7-8H2,2-5H3/b11-10+/t9-/m1/s1. The molecule has 1 atom stereocenters. The van der Waals surface area contributed by atoms with E-state index in [2.05, 4.69) is 25.5 Å². The van der Waals surface area contributed by atoms with Gasteiger partial charge < -0.3 is 5.01 Å². The fourth-order valence-electron chi connectivity index (χ4n) is 1.25. The Bertz CT molecular complexity index is 159. The molecule has 0 saturated heterocycles. The molecule has 0 spiro atoms. The first-order chi connectivity index (χ1) is 5.56. The van der Waals surface area contributed by atoms with E-state index in [9.17, 15) is 0 Å². The van der Waals surface area contributed by atoms with Gasteiger partial charge >= 0.3 is 0 Å². The summed E-state index contributed by atoms with van der Waals surface area (Å²) in [6.45, 7) is 8.01. The van der Waals surface area contributed by atoms with Crippen LogP contribution in [0.1, 0.15) is 26.7 Å². The van der Waals surface area contributed by atoms with Gasteiger partial charge in [-0.1, -0.05) is 13.0 Å². The molecule has 0 aromatic carbocycles. The van der Waals surface area contributed by atoms with E-state index in [4.69, 9.17) is 0 Å². The van der Waals surface area contributed by atoms with Gasteiger partial charge in [-0.3, -0.25) is 0 Å². The molecule has 0 fully saturated rings. The van der Waals surface area contributed by atoms with E-state index in [1.54, 1.807) is 0 Å². The molecule has 0 aromatic heterocycles. The minimum Gasteiger partial charge on any atom is -0.303 e. The average molecular weight is 168 g/mol. The van der Waals surface area contributed by atoms with Crippen LogP contribution in [0, 0.1) is 5.92 Å². The van der Waals surface area contributed by atoms with Crippen molar-refractivity contribution in [1.82, 2.24) is 5.01 Å². The maximum atomic E-state index is 4.32. The van der Waals surface area contributed by atoms with Crippen LogP contribution in [0.3, 0.4) is 0 Å². The Morgan fingerprint density at radius 1 is 1.58 bits per heavy atom. The van der Waals surface area contributed by atoms with E-state index >= 15 is 0 Å². The molecule has 0 aliphatic heterocycles. The zero-order chi connectivity index (χ0) is 9.56. The van der Waals surface area contributed by atoms with E-state index in [1.165, 1.54) is 5.71 Å². The Morgan fingerprint density at radius 2 is 2.17 bits per heavy atom. The van der Waals surface area contributed by atoms with E-state index in [0.29, 0.717) is 5.92 Å². The zero-order valence-corrected chi connectivity index (χ0v) is 8.67. The summed E-state index contributed by atoms with van der Waals surface area (Å²) in [5.74, 6) is 0.659. The number of hydrogen-bond donors (Lipinski definition) is 0. The maximum absolute atomic E-state index is 4.32. The first-order valence-corrected chi connectivity index (χ1v) is 4.38. The van der Waals surface area contributed by atoms with Gasteiger partial charge in [0.05, 0.1) is 0 Å². The summed E-state index contributed by atoms with van der Waals surface area (Å²) in [6.07, 6.45) is 4.10. The van der Waals surface area contributed by atoms with Crippen LogP contribution in [-0.2, 0) is 0 Å². The molecular formula is C10H20N2. The van der Waals surface area contributed by atoms with Crippen LogP contribution >= 0.6 is 0 Å². The second-order valence-electron chi connectivity index (χ2n) is 3.52. The van der Waals surface area contributed by atoms with Gasteiger partial charge in [0.25, 0.3) is 0 Å². The van der Waals surface area contributed by atoms with Gasteiger partial charge in [-0.05, 0) is 25.7 Å². The smallest absolute Gasteiger partial charge is 0.0352 e. The lowest BCUT2D eigenvalue weighted by molar-refractivity contribution is 0.433. The summed E-state index contributed by atoms with van der Waals surface area (Å²) >= 11 is 0. The first kappa shape index (κ1) is 11.2. The van der Waals surface area contributed by atoms with E-state index in [-0.39, 0.29) is 0 Å². The fourth-order valence-corrected chi connectivity index (χ4v) is 1.25. The van der Waals surface area contributed by atoms with Gasteiger partial charge in [-0.2, -0.15) is 5.10 Å². The molecule has 0 unspecified atom stereocenters. The molecule has 0 saturated carbocycles. The number of hydrazone groups is 1. The highest BCUT2D eigenvalue weighted by Crippen LogP contribution is 2.08. The van der Waals surface area contributed by atoms with Crippen molar-refractivity contribution < 1.29 is 0 Å². The topological polar surface area (TPSA) is 15.6 Å². The van der Waals surface area contributed by atoms with Crippen LogP contribution in [0.15, 0.2) is 17.8 Å². The predicted molar refractivity (Wildman–Crippen MR) is 55.4 cm³/mol. The largest absolute Gasteiger partial charge is 0.303 e. The van der Waals surface area contributed by atoms with Gasteiger partial charge in [0.15, 0.2) is 0 Å². The minimum absolute atomic E-state index is 0.659. The van der Waals surface area contributed by atoms with Crippen LogP contribution in [0.25, 0.3) is 0 Å². The lowest BCUT2D eigenvalue weighted by Crippen LogP contribution is -2.09. The second kappa shape index (κ2) is 5.81. The first-order valence-electron chi connectivity index (χ1n) is 4.38. The molecule has 0 N–H and O–H groups in total. The van der Waals surface area contributed by atoms with Gasteiger partial charge in [-0.25, -0.2) is 0 Å². The Hall–Kier alpha value is -0.790.